The molecule has 18 heavy (non-hydrogen) atoms. The highest BCUT2D eigenvalue weighted by atomic mass is 16.4. The molecular weight excluding hydrogens is 224 g/mol. The van der Waals surface area contributed by atoms with Crippen LogP contribution in [0.1, 0.15) is 19.4 Å². The third-order valence-corrected chi connectivity index (χ3v) is 2.46. The molecule has 0 amide bonds. The highest BCUT2D eigenvalue weighted by molar-refractivity contribution is 5.72. The molecule has 0 spiro atoms. The third-order valence-electron chi connectivity index (χ3n) is 2.46. The molecule has 0 N–H and O–H groups in total. The third kappa shape index (κ3) is 2.40. The quantitative estimate of drug-likeness (QED) is 0.639. The summed E-state index contributed by atoms with van der Waals surface area (Å²) in [6, 6.07) is 11.8. The van der Waals surface area contributed by atoms with Gasteiger partial charge < -0.3 is 4.42 Å². The summed E-state index contributed by atoms with van der Waals surface area (Å²) in [6.07, 6.45) is 1.70. The zero-order chi connectivity index (χ0) is 13.0. The van der Waals surface area contributed by atoms with Crippen molar-refractivity contribution in [1.82, 2.24) is 9.97 Å². The molecule has 3 heteroatoms. The lowest BCUT2D eigenvalue weighted by molar-refractivity contribution is 0.608. The number of rotatable bonds is 1. The highest BCUT2D eigenvalue weighted by Crippen LogP contribution is 2.22. The van der Waals surface area contributed by atoms with Gasteiger partial charge in [-0.2, -0.15) is 0 Å². The number of hydrogen-bond donors (Lipinski definition) is 0. The van der Waals surface area contributed by atoms with Crippen LogP contribution in [0.4, 0.5) is 0 Å². The lowest BCUT2D eigenvalue weighted by atomic mass is 10.1. The molecule has 0 fully saturated rings. The van der Waals surface area contributed by atoms with E-state index < -0.39 is 0 Å². The van der Waals surface area contributed by atoms with Gasteiger partial charge in [0.1, 0.15) is 5.52 Å². The van der Waals surface area contributed by atoms with E-state index in [2.05, 4.69) is 16.9 Å². The van der Waals surface area contributed by atoms with E-state index >= 15 is 0 Å². The van der Waals surface area contributed by atoms with Crippen LogP contribution in [0.5, 0.6) is 0 Å². The van der Waals surface area contributed by atoms with Crippen molar-refractivity contribution in [2.45, 2.75) is 20.8 Å². The SMILES string of the molecule is CC.Cc1ccc(-c2nc3cccnc3o2)cc1. The number of benzene rings is 1. The first-order valence-electron chi connectivity index (χ1n) is 6.11. The van der Waals surface area contributed by atoms with Gasteiger partial charge in [-0.1, -0.05) is 31.5 Å². The topological polar surface area (TPSA) is 38.9 Å². The number of fused-ring (bicyclic) bond motifs is 1. The van der Waals surface area contributed by atoms with Crippen LogP contribution >= 0.6 is 0 Å². The fourth-order valence-corrected chi connectivity index (χ4v) is 1.59. The Hall–Kier alpha value is -2.16. The Bertz CT molecular complexity index is 593. The number of aromatic nitrogens is 2. The first-order chi connectivity index (χ1) is 8.83. The maximum absolute atomic E-state index is 5.57. The standard InChI is InChI=1S/C13H10N2O.C2H6/c1-9-4-6-10(7-5-9)12-15-11-3-2-8-14-13(11)16-12;1-2/h2-8H,1H3;1-2H3. The van der Waals surface area contributed by atoms with Gasteiger partial charge in [0.2, 0.25) is 11.6 Å². The van der Waals surface area contributed by atoms with Crippen molar-refractivity contribution in [2.75, 3.05) is 0 Å². The molecule has 0 saturated carbocycles. The molecule has 0 unspecified atom stereocenters. The second kappa shape index (κ2) is 5.45. The van der Waals surface area contributed by atoms with Gasteiger partial charge >= 0.3 is 0 Å². The van der Waals surface area contributed by atoms with Crippen molar-refractivity contribution < 1.29 is 4.42 Å². The molecule has 3 aromatic rings. The maximum Gasteiger partial charge on any atom is 0.247 e. The van der Waals surface area contributed by atoms with Crippen molar-refractivity contribution in [3.63, 3.8) is 0 Å². The Morgan fingerprint density at radius 2 is 1.72 bits per heavy atom. The first kappa shape index (κ1) is 12.3. The summed E-state index contributed by atoms with van der Waals surface area (Å²) in [5, 5.41) is 0. The zero-order valence-electron chi connectivity index (χ0n) is 10.8. The van der Waals surface area contributed by atoms with E-state index in [9.17, 15) is 0 Å². The van der Waals surface area contributed by atoms with E-state index in [1.54, 1.807) is 6.20 Å². The van der Waals surface area contributed by atoms with Crippen molar-refractivity contribution in [1.29, 1.82) is 0 Å². The second-order valence-electron chi connectivity index (χ2n) is 3.71. The minimum Gasteiger partial charge on any atom is -0.418 e. The fraction of sp³-hybridized carbons (Fsp3) is 0.200. The van der Waals surface area contributed by atoms with Crippen LogP contribution in [0.2, 0.25) is 0 Å². The average Bonchev–Trinajstić information content (AvgIpc) is 2.85. The van der Waals surface area contributed by atoms with Crippen molar-refractivity contribution in [3.8, 4) is 11.5 Å². The van der Waals surface area contributed by atoms with Crippen LogP contribution in [0.3, 0.4) is 0 Å². The summed E-state index contributed by atoms with van der Waals surface area (Å²) in [5.74, 6) is 0.619. The molecule has 0 aliphatic rings. The molecule has 0 aliphatic carbocycles. The van der Waals surface area contributed by atoms with E-state index in [1.165, 1.54) is 5.56 Å². The molecule has 0 bridgehead atoms. The van der Waals surface area contributed by atoms with Crippen LogP contribution in [0, 0.1) is 6.92 Å². The van der Waals surface area contributed by atoms with Gasteiger partial charge in [0, 0.05) is 11.8 Å². The lowest BCUT2D eigenvalue weighted by Crippen LogP contribution is -1.77. The number of aryl methyl sites for hydroxylation is 1. The molecule has 0 atom stereocenters. The molecule has 3 rings (SSSR count). The van der Waals surface area contributed by atoms with Crippen LogP contribution < -0.4 is 0 Å². The predicted molar refractivity (Wildman–Crippen MR) is 73.3 cm³/mol. The van der Waals surface area contributed by atoms with Gasteiger partial charge in [-0.15, -0.1) is 0 Å². The molecule has 3 nitrogen and oxygen atoms in total. The largest absolute Gasteiger partial charge is 0.418 e. The molecule has 0 radical (unpaired) electrons. The predicted octanol–water partition coefficient (Wildman–Crippen LogP) is 4.22. The van der Waals surface area contributed by atoms with E-state index in [4.69, 9.17) is 4.42 Å². The average molecular weight is 240 g/mol. The molecule has 0 saturated heterocycles. The Kier molecular flexibility index (Phi) is 3.72. The second-order valence-corrected chi connectivity index (χ2v) is 3.71. The summed E-state index contributed by atoms with van der Waals surface area (Å²) >= 11 is 0. The number of nitrogens with zero attached hydrogens (tertiary/aromatic N) is 2. The molecular formula is C15H16N2O. The summed E-state index contributed by atoms with van der Waals surface area (Å²) < 4.78 is 5.57. The van der Waals surface area contributed by atoms with E-state index in [1.807, 2.05) is 50.2 Å². The first-order valence-corrected chi connectivity index (χ1v) is 6.11. The van der Waals surface area contributed by atoms with Crippen LogP contribution in [0.25, 0.3) is 22.7 Å². The van der Waals surface area contributed by atoms with Crippen molar-refractivity contribution in [3.05, 3.63) is 48.2 Å². The Labute approximate surface area is 107 Å². The van der Waals surface area contributed by atoms with Crippen LogP contribution in [-0.2, 0) is 0 Å². The van der Waals surface area contributed by atoms with Gasteiger partial charge in [0.15, 0.2) is 0 Å². The highest BCUT2D eigenvalue weighted by Gasteiger charge is 2.07. The summed E-state index contributed by atoms with van der Waals surface area (Å²) in [5.41, 5.74) is 3.57. The van der Waals surface area contributed by atoms with Gasteiger partial charge in [-0.05, 0) is 31.2 Å². The number of hydrogen-bond acceptors (Lipinski definition) is 3. The van der Waals surface area contributed by atoms with Crippen molar-refractivity contribution >= 4 is 11.2 Å². The van der Waals surface area contributed by atoms with Crippen LogP contribution in [-0.4, -0.2) is 9.97 Å². The maximum atomic E-state index is 5.57. The monoisotopic (exact) mass is 240 g/mol. The fourth-order valence-electron chi connectivity index (χ4n) is 1.59. The van der Waals surface area contributed by atoms with E-state index in [0.29, 0.717) is 11.6 Å². The summed E-state index contributed by atoms with van der Waals surface area (Å²) in [4.78, 5) is 8.50. The van der Waals surface area contributed by atoms with Gasteiger partial charge in [-0.25, -0.2) is 9.97 Å². The normalized spacial score (nSPS) is 9.94. The molecule has 2 heterocycles. The zero-order valence-corrected chi connectivity index (χ0v) is 10.8. The van der Waals surface area contributed by atoms with E-state index in [0.717, 1.165) is 11.1 Å². The molecule has 1 aromatic carbocycles. The minimum atomic E-state index is 0.582. The summed E-state index contributed by atoms with van der Waals surface area (Å²) in [7, 11) is 0. The molecule has 92 valence electrons. The van der Waals surface area contributed by atoms with E-state index in [-0.39, 0.29) is 0 Å². The smallest absolute Gasteiger partial charge is 0.247 e. The molecule has 0 aliphatic heterocycles. The molecule has 2 aromatic heterocycles. The van der Waals surface area contributed by atoms with Gasteiger partial charge in [-0.3, -0.25) is 0 Å². The van der Waals surface area contributed by atoms with Gasteiger partial charge in [0.05, 0.1) is 0 Å². The number of oxazole rings is 1. The van der Waals surface area contributed by atoms with Crippen LogP contribution in [0.15, 0.2) is 47.0 Å². The Morgan fingerprint density at radius 1 is 1.00 bits per heavy atom. The van der Waals surface area contributed by atoms with Gasteiger partial charge in [0.25, 0.3) is 0 Å². The Morgan fingerprint density at radius 3 is 2.39 bits per heavy atom. The summed E-state index contributed by atoms with van der Waals surface area (Å²) in [6.45, 7) is 6.05. The van der Waals surface area contributed by atoms with Crippen molar-refractivity contribution in [2.24, 2.45) is 0 Å². The number of pyridine rings is 1. The minimum absolute atomic E-state index is 0.582. The Balaban J connectivity index is 0.000000574. The lowest BCUT2D eigenvalue weighted by Gasteiger charge is -1.94.